The molecule has 0 aliphatic carbocycles. The van der Waals surface area contributed by atoms with E-state index in [4.69, 9.17) is 4.74 Å². The number of aryl methyl sites for hydroxylation is 1. The molecule has 0 bridgehead atoms. The van der Waals surface area contributed by atoms with Crippen LogP contribution in [0.5, 0.6) is 0 Å². The van der Waals surface area contributed by atoms with Crippen molar-refractivity contribution in [2.75, 3.05) is 31.1 Å². The second-order valence-corrected chi connectivity index (χ2v) is 8.99. The van der Waals surface area contributed by atoms with Gasteiger partial charge in [0.1, 0.15) is 5.60 Å². The molecule has 2 aliphatic rings. The van der Waals surface area contributed by atoms with Crippen LogP contribution >= 0.6 is 0 Å². The van der Waals surface area contributed by atoms with Gasteiger partial charge in [0.2, 0.25) is 0 Å². The van der Waals surface area contributed by atoms with E-state index in [-0.39, 0.29) is 17.2 Å². The number of likely N-dealkylation sites (tertiary alicyclic amines) is 1. The molecule has 4 rings (SSSR count). The average molecular weight is 372 g/mol. The summed E-state index contributed by atoms with van der Waals surface area (Å²) in [7, 11) is 1.81. The zero-order chi connectivity index (χ0) is 19.4. The monoisotopic (exact) mass is 372 g/mol. The van der Waals surface area contributed by atoms with Crippen molar-refractivity contribution in [2.45, 2.75) is 39.2 Å². The Kier molecular flexibility index (Phi) is 4.01. The van der Waals surface area contributed by atoms with E-state index in [0.29, 0.717) is 0 Å². The molecule has 1 aromatic heterocycles. The number of aromatic amines is 1. The van der Waals surface area contributed by atoms with Crippen molar-refractivity contribution < 1.29 is 9.53 Å². The first-order chi connectivity index (χ1) is 12.7. The Hall–Kier alpha value is -2.44. The second-order valence-electron chi connectivity index (χ2n) is 8.99. The predicted octanol–water partition coefficient (Wildman–Crippen LogP) is 2.70. The van der Waals surface area contributed by atoms with Crippen molar-refractivity contribution in [3.8, 4) is 0 Å². The van der Waals surface area contributed by atoms with E-state index in [1.165, 1.54) is 0 Å². The van der Waals surface area contributed by atoms with Gasteiger partial charge in [-0.15, -0.1) is 0 Å². The summed E-state index contributed by atoms with van der Waals surface area (Å²) >= 11 is 0. The molecule has 3 heterocycles. The predicted molar refractivity (Wildman–Crippen MR) is 105 cm³/mol. The third-order valence-electron chi connectivity index (χ3n) is 5.77. The molecule has 1 aromatic carbocycles. The maximum atomic E-state index is 12.2. The van der Waals surface area contributed by atoms with Gasteiger partial charge >= 0.3 is 11.8 Å². The van der Waals surface area contributed by atoms with E-state index in [1.54, 1.807) is 11.6 Å². The Morgan fingerprint density at radius 2 is 1.85 bits per heavy atom. The number of fused-ring (bicyclic) bond motifs is 1. The summed E-state index contributed by atoms with van der Waals surface area (Å²) in [6.45, 7) is 9.11. The van der Waals surface area contributed by atoms with Crippen LogP contribution < -0.4 is 10.6 Å². The van der Waals surface area contributed by atoms with Crippen molar-refractivity contribution in [2.24, 2.45) is 12.5 Å². The van der Waals surface area contributed by atoms with Gasteiger partial charge in [0.25, 0.3) is 0 Å². The Bertz CT molecular complexity index is 921. The molecule has 0 radical (unpaired) electrons. The summed E-state index contributed by atoms with van der Waals surface area (Å²) in [6.07, 6.45) is 1.88. The molecule has 1 N–H and O–H groups in total. The minimum Gasteiger partial charge on any atom is -0.444 e. The first kappa shape index (κ1) is 17.9. The van der Waals surface area contributed by atoms with Gasteiger partial charge in [-0.25, -0.2) is 9.59 Å². The maximum absolute atomic E-state index is 12.2. The summed E-state index contributed by atoms with van der Waals surface area (Å²) in [6, 6.07) is 6.02. The number of hydrogen-bond acceptors (Lipinski definition) is 4. The number of amides is 1. The van der Waals surface area contributed by atoms with Crippen molar-refractivity contribution in [1.82, 2.24) is 14.5 Å². The van der Waals surface area contributed by atoms with Crippen molar-refractivity contribution in [1.29, 1.82) is 0 Å². The number of benzene rings is 1. The minimum atomic E-state index is -0.450. The number of anilines is 1. The molecule has 0 unspecified atom stereocenters. The SMILES string of the molecule is Cn1c(=O)[nH]c2cccc(N3CCC4(CC3)CN(C(=O)OC(C)(C)C)C4)c21. The lowest BCUT2D eigenvalue weighted by Gasteiger charge is -2.54. The highest BCUT2D eigenvalue weighted by molar-refractivity contribution is 5.89. The van der Waals surface area contributed by atoms with Gasteiger partial charge in [-0.05, 0) is 45.7 Å². The van der Waals surface area contributed by atoms with Gasteiger partial charge in [0.15, 0.2) is 0 Å². The molecule has 27 heavy (non-hydrogen) atoms. The molecule has 0 saturated carbocycles. The van der Waals surface area contributed by atoms with E-state index in [2.05, 4.69) is 16.0 Å². The highest BCUT2D eigenvalue weighted by Gasteiger charge is 2.48. The summed E-state index contributed by atoms with van der Waals surface area (Å²) < 4.78 is 7.15. The van der Waals surface area contributed by atoms with Gasteiger partial charge in [-0.1, -0.05) is 6.07 Å². The highest BCUT2D eigenvalue weighted by Crippen LogP contribution is 2.42. The fraction of sp³-hybridized carbons (Fsp3) is 0.600. The lowest BCUT2D eigenvalue weighted by molar-refractivity contribution is -0.0434. The molecule has 1 amide bonds. The topological polar surface area (TPSA) is 70.6 Å². The van der Waals surface area contributed by atoms with Gasteiger partial charge in [0, 0.05) is 38.6 Å². The van der Waals surface area contributed by atoms with Crippen molar-refractivity contribution in [3.63, 3.8) is 0 Å². The molecule has 2 aliphatic heterocycles. The number of nitrogens with zero attached hydrogens (tertiary/aromatic N) is 3. The molecule has 2 saturated heterocycles. The van der Waals surface area contributed by atoms with Gasteiger partial charge < -0.3 is 19.5 Å². The zero-order valence-electron chi connectivity index (χ0n) is 16.5. The van der Waals surface area contributed by atoms with Crippen molar-refractivity contribution >= 4 is 22.8 Å². The summed E-state index contributed by atoms with van der Waals surface area (Å²) in [4.78, 5) is 31.2. The molecule has 146 valence electrons. The average Bonchev–Trinajstić information content (AvgIpc) is 2.86. The minimum absolute atomic E-state index is 0.0853. The molecule has 0 atom stereocenters. The van der Waals surface area contributed by atoms with Gasteiger partial charge in [-0.2, -0.15) is 0 Å². The molecule has 1 spiro atoms. The highest BCUT2D eigenvalue weighted by atomic mass is 16.6. The number of hydrogen-bond donors (Lipinski definition) is 1. The fourth-order valence-corrected chi connectivity index (χ4v) is 4.30. The second kappa shape index (κ2) is 6.04. The Balaban J connectivity index is 1.42. The number of ether oxygens (including phenoxy) is 1. The van der Waals surface area contributed by atoms with E-state index in [1.807, 2.05) is 37.8 Å². The van der Waals surface area contributed by atoms with Crippen LogP contribution in [0.25, 0.3) is 11.0 Å². The Labute approximate surface area is 158 Å². The first-order valence-corrected chi connectivity index (χ1v) is 9.58. The largest absolute Gasteiger partial charge is 0.444 e. The van der Waals surface area contributed by atoms with Crippen LogP contribution in [0.4, 0.5) is 10.5 Å². The molecule has 7 nitrogen and oxygen atoms in total. The van der Waals surface area contributed by atoms with Gasteiger partial charge in [-0.3, -0.25) is 4.57 Å². The molecule has 7 heteroatoms. The Morgan fingerprint density at radius 1 is 1.19 bits per heavy atom. The van der Waals surface area contributed by atoms with Crippen LogP contribution in [0.3, 0.4) is 0 Å². The third kappa shape index (κ3) is 3.19. The van der Waals surface area contributed by atoms with Crippen molar-refractivity contribution in [3.05, 3.63) is 28.7 Å². The van der Waals surface area contributed by atoms with Crippen LogP contribution in [0.15, 0.2) is 23.0 Å². The van der Waals surface area contributed by atoms with Crippen LogP contribution in [0, 0.1) is 5.41 Å². The summed E-state index contributed by atoms with van der Waals surface area (Å²) in [5.41, 5.74) is 2.62. The lowest BCUT2D eigenvalue weighted by atomic mass is 9.72. The number of para-hydroxylation sites is 1. The number of imidazole rings is 1. The van der Waals surface area contributed by atoms with E-state index in [9.17, 15) is 9.59 Å². The molecular formula is C20H28N4O3. The quantitative estimate of drug-likeness (QED) is 0.836. The number of rotatable bonds is 1. The molecule has 2 fully saturated rings. The lowest BCUT2D eigenvalue weighted by Crippen LogP contribution is -2.62. The zero-order valence-corrected chi connectivity index (χ0v) is 16.5. The van der Waals surface area contributed by atoms with E-state index in [0.717, 1.165) is 55.7 Å². The van der Waals surface area contributed by atoms with Gasteiger partial charge in [0.05, 0.1) is 16.7 Å². The number of carbonyl (C=O) groups is 1. The number of H-pyrrole nitrogens is 1. The van der Waals surface area contributed by atoms with Crippen LogP contribution in [0.2, 0.25) is 0 Å². The van der Waals surface area contributed by atoms with Crippen LogP contribution in [-0.4, -0.2) is 52.3 Å². The maximum Gasteiger partial charge on any atom is 0.410 e. The molecular weight excluding hydrogens is 344 g/mol. The number of nitrogens with one attached hydrogen (secondary N) is 1. The van der Waals surface area contributed by atoms with Crippen LogP contribution in [0.1, 0.15) is 33.6 Å². The first-order valence-electron chi connectivity index (χ1n) is 9.58. The van der Waals surface area contributed by atoms with E-state index >= 15 is 0 Å². The van der Waals surface area contributed by atoms with Crippen LogP contribution in [-0.2, 0) is 11.8 Å². The number of carbonyl (C=O) groups excluding carboxylic acids is 1. The fourth-order valence-electron chi connectivity index (χ4n) is 4.30. The summed E-state index contributed by atoms with van der Waals surface area (Å²) in [5.74, 6) is 0. The molecule has 2 aromatic rings. The third-order valence-corrected chi connectivity index (χ3v) is 5.77. The summed E-state index contributed by atoms with van der Waals surface area (Å²) in [5, 5.41) is 0. The number of aromatic nitrogens is 2. The standard InChI is InChI=1S/C20H28N4O3/c1-19(2,3)27-18(26)24-12-20(13-24)8-10-23(11-9-20)15-7-5-6-14-16(15)22(4)17(25)21-14/h5-7H,8-13H2,1-4H3,(H,21,25). The number of piperidine rings is 1. The normalized spacial score (nSPS) is 19.4. The Morgan fingerprint density at radius 3 is 2.48 bits per heavy atom. The smallest absolute Gasteiger partial charge is 0.410 e. The van der Waals surface area contributed by atoms with E-state index < -0.39 is 5.60 Å².